The van der Waals surface area contributed by atoms with Crippen molar-refractivity contribution in [3.63, 3.8) is 0 Å². The molecule has 0 heterocycles. The van der Waals surface area contributed by atoms with Crippen molar-refractivity contribution in [2.24, 2.45) is 5.92 Å². The molecule has 19 heteroatoms. The van der Waals surface area contributed by atoms with Crippen LogP contribution in [0, 0.1) is 5.92 Å². The zero-order chi connectivity index (χ0) is 62.8. The van der Waals surface area contributed by atoms with E-state index in [0.29, 0.717) is 25.7 Å². The lowest BCUT2D eigenvalue weighted by Gasteiger charge is -2.21. The number of ether oxygens (including phenoxy) is 4. The zero-order valence-electron chi connectivity index (χ0n) is 54.7. The molecular weight excluding hydrogens is 1130 g/mol. The van der Waals surface area contributed by atoms with Crippen molar-refractivity contribution in [3.8, 4) is 0 Å². The van der Waals surface area contributed by atoms with Crippen molar-refractivity contribution >= 4 is 39.5 Å². The molecule has 2 unspecified atom stereocenters. The van der Waals surface area contributed by atoms with Crippen LogP contribution in [0.2, 0.25) is 0 Å². The van der Waals surface area contributed by atoms with E-state index >= 15 is 0 Å². The third-order valence-corrected chi connectivity index (χ3v) is 17.2. The topological polar surface area (TPSA) is 237 Å². The summed E-state index contributed by atoms with van der Waals surface area (Å²) in [5.74, 6) is -1.42. The first-order valence-electron chi connectivity index (χ1n) is 34.6. The fraction of sp³-hybridized carbons (Fsp3) is 0.939. The van der Waals surface area contributed by atoms with Crippen LogP contribution in [0.3, 0.4) is 0 Å². The van der Waals surface area contributed by atoms with E-state index < -0.39 is 97.5 Å². The molecule has 5 atom stereocenters. The number of hydrogen-bond donors (Lipinski definition) is 3. The van der Waals surface area contributed by atoms with Gasteiger partial charge >= 0.3 is 39.5 Å². The van der Waals surface area contributed by atoms with Crippen LogP contribution in [-0.2, 0) is 65.4 Å². The van der Waals surface area contributed by atoms with E-state index in [9.17, 15) is 43.2 Å². The standard InChI is InChI=1S/C66H128O17P2/c1-6-9-12-15-17-19-21-22-23-24-25-26-27-28-29-31-37-42-47-52-66(71)83-62(56-77-64(69)50-45-40-35-33-32-34-39-43-48-59(4)5)58-81-85(74,75)79-54-60(67)53-78-84(72,73)80-57-61(55-76-63(68)49-44-38-14-11-8-3)82-65(70)51-46-41-36-30-20-18-16-13-10-7-2/h59-62,67H,6-58H2,1-5H3,(H,72,73)(H,74,75)/t60-,61+,62+/m0/s1. The van der Waals surface area contributed by atoms with Gasteiger partial charge in [0.2, 0.25) is 0 Å². The largest absolute Gasteiger partial charge is 0.472 e. The van der Waals surface area contributed by atoms with Crippen molar-refractivity contribution in [2.45, 2.75) is 355 Å². The first-order valence-corrected chi connectivity index (χ1v) is 37.6. The molecule has 0 aromatic carbocycles. The second kappa shape index (κ2) is 59.7. The molecule has 0 spiro atoms. The Bertz CT molecular complexity index is 1650. The second-order valence-corrected chi connectivity index (χ2v) is 27.2. The Kier molecular flexibility index (Phi) is 58.3. The van der Waals surface area contributed by atoms with E-state index in [1.807, 2.05) is 0 Å². The molecule has 0 aromatic heterocycles. The Balaban J connectivity index is 5.12. The molecule has 0 aliphatic rings. The fourth-order valence-electron chi connectivity index (χ4n) is 9.94. The highest BCUT2D eigenvalue weighted by Crippen LogP contribution is 2.45. The predicted molar refractivity (Wildman–Crippen MR) is 340 cm³/mol. The average Bonchev–Trinajstić information content (AvgIpc) is 3.59. The van der Waals surface area contributed by atoms with Gasteiger partial charge in [0.1, 0.15) is 19.3 Å². The van der Waals surface area contributed by atoms with Crippen LogP contribution in [0.4, 0.5) is 0 Å². The molecule has 0 radical (unpaired) electrons. The molecule has 0 bridgehead atoms. The smallest absolute Gasteiger partial charge is 0.462 e. The number of unbranched alkanes of at least 4 members (excludes halogenated alkanes) is 38. The normalized spacial score (nSPS) is 14.2. The first-order chi connectivity index (χ1) is 41.0. The molecular formula is C66H128O17P2. The van der Waals surface area contributed by atoms with Crippen LogP contribution in [0.15, 0.2) is 0 Å². The first kappa shape index (κ1) is 83.1. The number of aliphatic hydroxyl groups excluding tert-OH is 1. The number of carbonyl (C=O) groups is 4. The van der Waals surface area contributed by atoms with Crippen molar-refractivity contribution in [3.05, 3.63) is 0 Å². The lowest BCUT2D eigenvalue weighted by molar-refractivity contribution is -0.161. The molecule has 3 N–H and O–H groups in total. The van der Waals surface area contributed by atoms with Crippen LogP contribution in [0.1, 0.15) is 336 Å². The van der Waals surface area contributed by atoms with Crippen molar-refractivity contribution in [2.75, 3.05) is 39.6 Å². The maximum Gasteiger partial charge on any atom is 0.472 e. The number of aliphatic hydroxyl groups is 1. The summed E-state index contributed by atoms with van der Waals surface area (Å²) < 4.78 is 67.9. The number of rotatable bonds is 66. The summed E-state index contributed by atoms with van der Waals surface area (Å²) in [4.78, 5) is 72.0. The third-order valence-electron chi connectivity index (χ3n) is 15.3. The highest BCUT2D eigenvalue weighted by molar-refractivity contribution is 7.47. The van der Waals surface area contributed by atoms with Crippen LogP contribution in [-0.4, -0.2) is 96.7 Å². The molecule has 0 rings (SSSR count). The Morgan fingerprint density at radius 2 is 0.541 bits per heavy atom. The van der Waals surface area contributed by atoms with Crippen LogP contribution in [0.25, 0.3) is 0 Å². The highest BCUT2D eigenvalue weighted by Gasteiger charge is 2.30. The minimum Gasteiger partial charge on any atom is -0.462 e. The lowest BCUT2D eigenvalue weighted by Crippen LogP contribution is -2.30. The summed E-state index contributed by atoms with van der Waals surface area (Å²) in [6.45, 7) is 7.08. The van der Waals surface area contributed by atoms with E-state index in [-0.39, 0.29) is 25.7 Å². The molecule has 0 saturated carbocycles. The van der Waals surface area contributed by atoms with Gasteiger partial charge in [0.05, 0.1) is 26.4 Å². The van der Waals surface area contributed by atoms with Gasteiger partial charge in [-0.05, 0) is 31.6 Å². The number of hydrogen-bond acceptors (Lipinski definition) is 15. The van der Waals surface area contributed by atoms with E-state index in [4.69, 9.17) is 37.0 Å². The van der Waals surface area contributed by atoms with Gasteiger partial charge in [-0.25, -0.2) is 9.13 Å². The molecule has 85 heavy (non-hydrogen) atoms. The van der Waals surface area contributed by atoms with Gasteiger partial charge in [-0.3, -0.25) is 37.3 Å². The monoisotopic (exact) mass is 1250 g/mol. The quantitative estimate of drug-likeness (QED) is 0.0222. The Morgan fingerprint density at radius 1 is 0.318 bits per heavy atom. The Morgan fingerprint density at radius 3 is 0.800 bits per heavy atom. The molecule has 0 saturated heterocycles. The number of carbonyl (C=O) groups excluding carboxylic acids is 4. The van der Waals surface area contributed by atoms with Crippen LogP contribution in [0.5, 0.6) is 0 Å². The van der Waals surface area contributed by atoms with Gasteiger partial charge < -0.3 is 33.8 Å². The molecule has 0 amide bonds. The summed E-state index contributed by atoms with van der Waals surface area (Å²) in [6.07, 6.45) is 44.9. The molecule has 504 valence electrons. The summed E-state index contributed by atoms with van der Waals surface area (Å²) in [5.41, 5.74) is 0. The molecule has 0 fully saturated rings. The third kappa shape index (κ3) is 60.7. The SMILES string of the molecule is CCCCCCCCCCCCCCCCCCCCCC(=O)O[C@H](COC(=O)CCCCCCCCCCC(C)C)COP(=O)(O)OC[C@@H](O)COP(=O)(O)OC[C@@H](COC(=O)CCCCCCC)OC(=O)CCCCCCCCCCCC. The summed E-state index contributed by atoms with van der Waals surface area (Å²) in [6, 6.07) is 0. The van der Waals surface area contributed by atoms with Gasteiger partial charge in [0.15, 0.2) is 12.2 Å². The number of phosphoric acid groups is 2. The average molecular weight is 1260 g/mol. The number of phosphoric ester groups is 2. The van der Waals surface area contributed by atoms with E-state index in [2.05, 4.69) is 34.6 Å². The fourth-order valence-corrected chi connectivity index (χ4v) is 11.5. The predicted octanol–water partition coefficient (Wildman–Crippen LogP) is 18.6. The van der Waals surface area contributed by atoms with Gasteiger partial charge in [-0.15, -0.1) is 0 Å². The van der Waals surface area contributed by atoms with Crippen LogP contribution >= 0.6 is 15.6 Å². The molecule has 0 aliphatic carbocycles. The minimum atomic E-state index is -4.94. The van der Waals surface area contributed by atoms with Crippen molar-refractivity contribution in [1.29, 1.82) is 0 Å². The molecule has 0 aliphatic heterocycles. The maximum atomic E-state index is 13.0. The highest BCUT2D eigenvalue weighted by atomic mass is 31.2. The molecule has 17 nitrogen and oxygen atoms in total. The summed E-state index contributed by atoms with van der Waals surface area (Å²) in [7, 11) is -9.88. The van der Waals surface area contributed by atoms with Crippen LogP contribution < -0.4 is 0 Å². The maximum absolute atomic E-state index is 13.0. The zero-order valence-corrected chi connectivity index (χ0v) is 56.5. The van der Waals surface area contributed by atoms with Gasteiger partial charge in [0, 0.05) is 25.7 Å². The van der Waals surface area contributed by atoms with Gasteiger partial charge in [-0.2, -0.15) is 0 Å². The van der Waals surface area contributed by atoms with Gasteiger partial charge in [-0.1, -0.05) is 285 Å². The van der Waals surface area contributed by atoms with Gasteiger partial charge in [0.25, 0.3) is 0 Å². The van der Waals surface area contributed by atoms with E-state index in [0.717, 1.165) is 102 Å². The second-order valence-electron chi connectivity index (χ2n) is 24.3. The number of esters is 4. The summed E-state index contributed by atoms with van der Waals surface area (Å²) >= 11 is 0. The lowest BCUT2D eigenvalue weighted by atomic mass is 10.0. The Hall–Kier alpha value is -1.94. The summed E-state index contributed by atoms with van der Waals surface area (Å²) in [5, 5.41) is 10.5. The minimum absolute atomic E-state index is 0.106. The Labute approximate surface area is 517 Å². The van der Waals surface area contributed by atoms with E-state index in [1.54, 1.807) is 0 Å². The van der Waals surface area contributed by atoms with Crippen molar-refractivity contribution in [1.82, 2.24) is 0 Å². The molecule has 0 aromatic rings. The van der Waals surface area contributed by atoms with Crippen molar-refractivity contribution < 1.29 is 80.2 Å². The van der Waals surface area contributed by atoms with E-state index in [1.165, 1.54) is 154 Å².